The summed E-state index contributed by atoms with van der Waals surface area (Å²) in [5.41, 5.74) is -0.248. The van der Waals surface area contributed by atoms with Crippen molar-refractivity contribution in [2.45, 2.75) is 56.5 Å². The van der Waals surface area contributed by atoms with Crippen molar-refractivity contribution in [1.29, 1.82) is 0 Å². The highest BCUT2D eigenvalue weighted by Gasteiger charge is 2.46. The van der Waals surface area contributed by atoms with Gasteiger partial charge in [-0.05, 0) is 19.3 Å². The van der Waals surface area contributed by atoms with Crippen molar-refractivity contribution >= 4 is 11.9 Å². The maximum absolute atomic E-state index is 12.3. The van der Waals surface area contributed by atoms with E-state index >= 15 is 0 Å². The number of nitrogens with one attached hydrogen (secondary N) is 1. The Morgan fingerprint density at radius 1 is 1.22 bits per heavy atom. The van der Waals surface area contributed by atoms with E-state index in [1.165, 1.54) is 11.3 Å². The molecule has 0 aromatic rings. The molecule has 1 unspecified atom stereocenters. The quantitative estimate of drug-likeness (QED) is 0.768. The molecule has 3 amide bonds. The summed E-state index contributed by atoms with van der Waals surface area (Å²) in [7, 11) is 0. The van der Waals surface area contributed by atoms with Gasteiger partial charge in [0.25, 0.3) is 0 Å². The summed E-state index contributed by atoms with van der Waals surface area (Å²) in [5.74, 6) is -0.0175. The van der Waals surface area contributed by atoms with Crippen molar-refractivity contribution in [3.8, 4) is 0 Å². The zero-order valence-corrected chi connectivity index (χ0v) is 10.6. The number of rotatable bonds is 1. The summed E-state index contributed by atoms with van der Waals surface area (Å²) in [5, 5.41) is 3.10. The average molecular weight is 252 g/mol. The van der Waals surface area contributed by atoms with Gasteiger partial charge < -0.3 is 10.1 Å². The van der Waals surface area contributed by atoms with Gasteiger partial charge in [0.15, 0.2) is 0 Å². The molecule has 2 saturated heterocycles. The molecule has 3 rings (SSSR count). The topological polar surface area (TPSA) is 58.6 Å². The van der Waals surface area contributed by atoms with Crippen molar-refractivity contribution < 1.29 is 14.3 Å². The van der Waals surface area contributed by atoms with Crippen LogP contribution in [0.5, 0.6) is 0 Å². The smallest absolute Gasteiger partial charge is 0.324 e. The van der Waals surface area contributed by atoms with Gasteiger partial charge in [-0.1, -0.05) is 19.3 Å². The van der Waals surface area contributed by atoms with Crippen molar-refractivity contribution in [1.82, 2.24) is 10.2 Å². The average Bonchev–Trinajstić information content (AvgIpc) is 2.82. The molecule has 18 heavy (non-hydrogen) atoms. The van der Waals surface area contributed by atoms with Crippen LogP contribution in [0.3, 0.4) is 0 Å². The zero-order valence-electron chi connectivity index (χ0n) is 10.6. The van der Waals surface area contributed by atoms with Crippen LogP contribution in [0.1, 0.15) is 44.9 Å². The molecule has 1 aliphatic carbocycles. The van der Waals surface area contributed by atoms with Gasteiger partial charge in [-0.15, -0.1) is 0 Å². The van der Waals surface area contributed by atoms with Gasteiger partial charge in [-0.2, -0.15) is 0 Å². The minimum Gasteiger partial charge on any atom is -0.379 e. The second-order valence-electron chi connectivity index (χ2n) is 5.73. The van der Waals surface area contributed by atoms with Gasteiger partial charge >= 0.3 is 6.03 Å². The molecule has 2 heterocycles. The number of nitrogens with zero attached hydrogens (tertiary/aromatic N) is 1. The van der Waals surface area contributed by atoms with Crippen LogP contribution >= 0.6 is 0 Å². The molecule has 3 aliphatic rings. The summed E-state index contributed by atoms with van der Waals surface area (Å²) in [4.78, 5) is 25.9. The lowest BCUT2D eigenvalue weighted by Gasteiger charge is -2.44. The number of carbonyl (C=O) groups excluding carboxylic acids is 2. The molecule has 2 aliphatic heterocycles. The summed E-state index contributed by atoms with van der Waals surface area (Å²) >= 11 is 0. The fraction of sp³-hybridized carbons (Fsp3) is 0.846. The van der Waals surface area contributed by atoms with Crippen LogP contribution in [-0.4, -0.2) is 41.6 Å². The Morgan fingerprint density at radius 2 is 2.00 bits per heavy atom. The highest BCUT2D eigenvalue weighted by atomic mass is 16.5. The highest BCUT2D eigenvalue weighted by Crippen LogP contribution is 2.35. The number of urea groups is 1. The SMILES string of the molecule is O=C1CC2(CCCCC2)NC(=O)N1C1CCOC1. The lowest BCUT2D eigenvalue weighted by molar-refractivity contribution is -0.134. The second kappa shape index (κ2) is 4.53. The molecule has 1 spiro atoms. The molecule has 5 heteroatoms. The Hall–Kier alpha value is -1.10. The first-order valence-electron chi connectivity index (χ1n) is 6.92. The third-order valence-electron chi connectivity index (χ3n) is 4.43. The van der Waals surface area contributed by atoms with E-state index in [1.807, 2.05) is 0 Å². The predicted octanol–water partition coefficient (Wildman–Crippen LogP) is 1.42. The molecular formula is C13H20N2O3. The Bertz CT molecular complexity index is 337. The Labute approximate surface area is 107 Å². The predicted molar refractivity (Wildman–Crippen MR) is 65.0 cm³/mol. The fourth-order valence-corrected chi connectivity index (χ4v) is 3.44. The van der Waals surface area contributed by atoms with Crippen LogP contribution in [0, 0.1) is 0 Å². The largest absolute Gasteiger partial charge is 0.379 e. The number of hydrogen-bond donors (Lipinski definition) is 1. The molecule has 1 saturated carbocycles. The van der Waals surface area contributed by atoms with E-state index in [2.05, 4.69) is 5.32 Å². The minimum atomic E-state index is -0.248. The van der Waals surface area contributed by atoms with Gasteiger partial charge in [-0.25, -0.2) is 4.79 Å². The van der Waals surface area contributed by atoms with E-state index in [0.29, 0.717) is 19.6 Å². The molecule has 100 valence electrons. The monoisotopic (exact) mass is 252 g/mol. The van der Waals surface area contributed by atoms with E-state index < -0.39 is 0 Å². The summed E-state index contributed by atoms with van der Waals surface area (Å²) in [6.45, 7) is 1.14. The summed E-state index contributed by atoms with van der Waals surface area (Å²) in [6, 6.07) is -0.262. The number of hydrogen-bond acceptors (Lipinski definition) is 3. The Balaban J connectivity index is 1.74. The van der Waals surface area contributed by atoms with E-state index in [0.717, 1.165) is 32.1 Å². The molecule has 0 aromatic carbocycles. The van der Waals surface area contributed by atoms with Crippen LogP contribution in [0.2, 0.25) is 0 Å². The Morgan fingerprint density at radius 3 is 2.61 bits per heavy atom. The van der Waals surface area contributed by atoms with Crippen molar-refractivity contribution in [2.75, 3.05) is 13.2 Å². The first-order chi connectivity index (χ1) is 8.70. The fourth-order valence-electron chi connectivity index (χ4n) is 3.44. The van der Waals surface area contributed by atoms with Crippen LogP contribution in [0.4, 0.5) is 4.79 Å². The zero-order chi connectivity index (χ0) is 12.6. The maximum Gasteiger partial charge on any atom is 0.324 e. The van der Waals surface area contributed by atoms with Gasteiger partial charge in [0.1, 0.15) is 0 Å². The summed E-state index contributed by atoms with van der Waals surface area (Å²) in [6.07, 6.45) is 6.56. The van der Waals surface area contributed by atoms with Crippen molar-refractivity contribution in [2.24, 2.45) is 0 Å². The molecular weight excluding hydrogens is 232 g/mol. The van der Waals surface area contributed by atoms with E-state index in [-0.39, 0.29) is 23.5 Å². The second-order valence-corrected chi connectivity index (χ2v) is 5.73. The molecule has 0 bridgehead atoms. The van der Waals surface area contributed by atoms with Crippen LogP contribution < -0.4 is 5.32 Å². The van der Waals surface area contributed by atoms with Crippen molar-refractivity contribution in [3.63, 3.8) is 0 Å². The van der Waals surface area contributed by atoms with Crippen LogP contribution in [0.25, 0.3) is 0 Å². The third-order valence-corrected chi connectivity index (χ3v) is 4.43. The van der Waals surface area contributed by atoms with Gasteiger partial charge in [-0.3, -0.25) is 9.69 Å². The first kappa shape index (κ1) is 12.0. The van der Waals surface area contributed by atoms with E-state index in [4.69, 9.17) is 4.74 Å². The number of carbonyl (C=O) groups is 2. The lowest BCUT2D eigenvalue weighted by Crippen LogP contribution is -2.64. The van der Waals surface area contributed by atoms with E-state index in [1.54, 1.807) is 0 Å². The minimum absolute atomic E-state index is 0.0175. The lowest BCUT2D eigenvalue weighted by atomic mass is 9.78. The molecule has 3 fully saturated rings. The third kappa shape index (κ3) is 2.00. The number of ether oxygens (including phenoxy) is 1. The maximum atomic E-state index is 12.3. The van der Waals surface area contributed by atoms with E-state index in [9.17, 15) is 9.59 Å². The van der Waals surface area contributed by atoms with Crippen LogP contribution in [0.15, 0.2) is 0 Å². The molecule has 1 N–H and O–H groups in total. The first-order valence-corrected chi connectivity index (χ1v) is 6.92. The number of amides is 3. The van der Waals surface area contributed by atoms with Crippen molar-refractivity contribution in [3.05, 3.63) is 0 Å². The van der Waals surface area contributed by atoms with Gasteiger partial charge in [0, 0.05) is 6.61 Å². The van der Waals surface area contributed by atoms with Crippen LogP contribution in [-0.2, 0) is 9.53 Å². The Kier molecular flexibility index (Phi) is 3.01. The molecule has 0 radical (unpaired) electrons. The number of imide groups is 1. The highest BCUT2D eigenvalue weighted by molar-refractivity contribution is 5.98. The summed E-state index contributed by atoms with van der Waals surface area (Å²) < 4.78 is 5.27. The molecule has 0 aromatic heterocycles. The molecule has 5 nitrogen and oxygen atoms in total. The standard InChI is InChI=1S/C13H20N2O3/c16-11-8-13(5-2-1-3-6-13)14-12(17)15(11)10-4-7-18-9-10/h10H,1-9H2,(H,14,17). The van der Waals surface area contributed by atoms with Gasteiger partial charge in [0.2, 0.25) is 5.91 Å². The van der Waals surface area contributed by atoms with Gasteiger partial charge in [0.05, 0.1) is 24.6 Å². The molecule has 1 atom stereocenters. The normalized spacial score (nSPS) is 31.8.